The van der Waals surface area contributed by atoms with Crippen molar-refractivity contribution in [3.8, 4) is 0 Å². The highest BCUT2D eigenvalue weighted by atomic mass is 16.5. The first-order chi connectivity index (χ1) is 7.16. The third-order valence-corrected chi connectivity index (χ3v) is 2.74. The third-order valence-electron chi connectivity index (χ3n) is 2.74. The number of rotatable bonds is 3. The number of aliphatic hydroxyl groups is 1. The van der Waals surface area contributed by atoms with Crippen molar-refractivity contribution in [3.05, 3.63) is 11.7 Å². The first kappa shape index (κ1) is 10.6. The second-order valence-corrected chi connectivity index (χ2v) is 4.39. The second kappa shape index (κ2) is 4.28. The first-order valence-electron chi connectivity index (χ1n) is 5.32. The molecule has 0 amide bonds. The van der Waals surface area contributed by atoms with Gasteiger partial charge in [0.1, 0.15) is 0 Å². The lowest BCUT2D eigenvalue weighted by molar-refractivity contribution is 0.148. The summed E-state index contributed by atoms with van der Waals surface area (Å²) in [6.07, 6.45) is 2.52. The van der Waals surface area contributed by atoms with Crippen LogP contribution in [0.1, 0.15) is 36.9 Å². The van der Waals surface area contributed by atoms with E-state index in [1.165, 1.54) is 0 Å². The van der Waals surface area contributed by atoms with Gasteiger partial charge in [-0.2, -0.15) is 4.98 Å². The molecule has 0 bridgehead atoms. The van der Waals surface area contributed by atoms with E-state index < -0.39 is 0 Å². The van der Waals surface area contributed by atoms with Gasteiger partial charge in [-0.3, -0.25) is 0 Å². The van der Waals surface area contributed by atoms with Gasteiger partial charge < -0.3 is 14.5 Å². The van der Waals surface area contributed by atoms with E-state index in [-0.39, 0.29) is 12.0 Å². The molecular formula is C10H17N3O2. The summed E-state index contributed by atoms with van der Waals surface area (Å²) in [4.78, 5) is 6.29. The molecule has 0 aromatic carbocycles. The van der Waals surface area contributed by atoms with Crippen LogP contribution in [-0.2, 0) is 6.54 Å². The second-order valence-electron chi connectivity index (χ2n) is 4.39. The summed E-state index contributed by atoms with van der Waals surface area (Å²) < 4.78 is 5.17. The van der Waals surface area contributed by atoms with Crippen LogP contribution >= 0.6 is 0 Å². The fourth-order valence-electron chi connectivity index (χ4n) is 1.99. The Bertz CT molecular complexity index is 324. The minimum atomic E-state index is -0.308. The van der Waals surface area contributed by atoms with Gasteiger partial charge in [0.05, 0.1) is 18.6 Å². The molecule has 1 N–H and O–H groups in total. The van der Waals surface area contributed by atoms with Gasteiger partial charge in [-0.15, -0.1) is 0 Å². The molecule has 5 heteroatoms. The number of hydrogen-bond acceptors (Lipinski definition) is 5. The Morgan fingerprint density at radius 2 is 2.27 bits per heavy atom. The zero-order chi connectivity index (χ0) is 10.8. The van der Waals surface area contributed by atoms with Crippen LogP contribution in [0, 0.1) is 0 Å². The molecular weight excluding hydrogens is 194 g/mol. The van der Waals surface area contributed by atoms with Crippen molar-refractivity contribution in [1.82, 2.24) is 15.0 Å². The molecule has 1 saturated carbocycles. The van der Waals surface area contributed by atoms with Crippen molar-refractivity contribution in [2.75, 3.05) is 14.1 Å². The quantitative estimate of drug-likeness (QED) is 0.799. The Hall–Kier alpha value is -0.940. The molecule has 1 heterocycles. The van der Waals surface area contributed by atoms with Crippen LogP contribution in [0.15, 0.2) is 4.52 Å². The van der Waals surface area contributed by atoms with Crippen LogP contribution in [0.25, 0.3) is 0 Å². The van der Waals surface area contributed by atoms with Crippen molar-refractivity contribution in [3.63, 3.8) is 0 Å². The zero-order valence-electron chi connectivity index (χ0n) is 9.18. The Morgan fingerprint density at radius 3 is 2.87 bits per heavy atom. The molecule has 0 aliphatic heterocycles. The molecule has 0 spiro atoms. The minimum Gasteiger partial charge on any atom is -0.392 e. The summed E-state index contributed by atoms with van der Waals surface area (Å²) in [7, 11) is 3.92. The average Bonchev–Trinajstić information content (AvgIpc) is 2.72. The van der Waals surface area contributed by atoms with Crippen molar-refractivity contribution < 1.29 is 9.63 Å². The van der Waals surface area contributed by atoms with E-state index in [2.05, 4.69) is 10.1 Å². The standard InChI is InChI=1S/C10H17N3O2/c1-13(2)6-9-11-10(15-12-9)7-4-3-5-8(7)14/h7-8,14H,3-6H2,1-2H3. The first-order valence-corrected chi connectivity index (χ1v) is 5.32. The summed E-state index contributed by atoms with van der Waals surface area (Å²) in [5.74, 6) is 1.33. The molecule has 2 atom stereocenters. The Labute approximate surface area is 89.1 Å². The zero-order valence-corrected chi connectivity index (χ0v) is 9.18. The van der Waals surface area contributed by atoms with E-state index in [0.29, 0.717) is 18.3 Å². The highest BCUT2D eigenvalue weighted by molar-refractivity contribution is 5.00. The summed E-state index contributed by atoms with van der Waals surface area (Å²) in [5, 5.41) is 13.6. The number of nitrogens with zero attached hydrogens (tertiary/aromatic N) is 3. The van der Waals surface area contributed by atoms with Gasteiger partial charge in [-0.05, 0) is 33.4 Å². The van der Waals surface area contributed by atoms with E-state index in [1.54, 1.807) is 0 Å². The normalized spacial score (nSPS) is 26.4. The van der Waals surface area contributed by atoms with E-state index in [0.717, 1.165) is 19.3 Å². The summed E-state index contributed by atoms with van der Waals surface area (Å²) in [6, 6.07) is 0. The average molecular weight is 211 g/mol. The number of hydrogen-bond donors (Lipinski definition) is 1. The maximum atomic E-state index is 9.70. The van der Waals surface area contributed by atoms with E-state index in [9.17, 15) is 5.11 Å². The molecule has 1 aromatic heterocycles. The van der Waals surface area contributed by atoms with Gasteiger partial charge >= 0.3 is 0 Å². The van der Waals surface area contributed by atoms with Crippen LogP contribution in [0.5, 0.6) is 0 Å². The molecule has 84 valence electrons. The van der Waals surface area contributed by atoms with Gasteiger partial charge in [-0.1, -0.05) is 5.16 Å². The number of aliphatic hydroxyl groups excluding tert-OH is 1. The SMILES string of the molecule is CN(C)Cc1noc(C2CCCC2O)n1. The highest BCUT2D eigenvalue weighted by Gasteiger charge is 2.31. The van der Waals surface area contributed by atoms with Gasteiger partial charge in [0.25, 0.3) is 0 Å². The maximum absolute atomic E-state index is 9.70. The van der Waals surface area contributed by atoms with Gasteiger partial charge in [-0.25, -0.2) is 0 Å². The van der Waals surface area contributed by atoms with Crippen molar-refractivity contribution in [2.45, 2.75) is 37.8 Å². The summed E-state index contributed by atoms with van der Waals surface area (Å²) >= 11 is 0. The predicted octanol–water partition coefficient (Wildman–Crippen LogP) is 0.760. The Morgan fingerprint density at radius 1 is 1.47 bits per heavy atom. The fourth-order valence-corrected chi connectivity index (χ4v) is 1.99. The molecule has 15 heavy (non-hydrogen) atoms. The van der Waals surface area contributed by atoms with Crippen molar-refractivity contribution in [2.24, 2.45) is 0 Å². The lowest BCUT2D eigenvalue weighted by Crippen LogP contribution is -2.13. The van der Waals surface area contributed by atoms with E-state index in [1.807, 2.05) is 19.0 Å². The van der Waals surface area contributed by atoms with Crippen LogP contribution in [0.2, 0.25) is 0 Å². The van der Waals surface area contributed by atoms with Crippen LogP contribution < -0.4 is 0 Å². The maximum Gasteiger partial charge on any atom is 0.232 e. The lowest BCUT2D eigenvalue weighted by Gasteiger charge is -2.08. The molecule has 5 nitrogen and oxygen atoms in total. The van der Waals surface area contributed by atoms with Gasteiger partial charge in [0, 0.05) is 0 Å². The smallest absolute Gasteiger partial charge is 0.232 e. The van der Waals surface area contributed by atoms with Crippen LogP contribution in [-0.4, -0.2) is 40.3 Å². The van der Waals surface area contributed by atoms with E-state index in [4.69, 9.17) is 4.52 Å². The molecule has 0 radical (unpaired) electrons. The van der Waals surface area contributed by atoms with Crippen LogP contribution in [0.3, 0.4) is 0 Å². The molecule has 1 aromatic rings. The summed E-state index contributed by atoms with van der Waals surface area (Å²) in [6.45, 7) is 0.673. The molecule has 1 aliphatic carbocycles. The number of aromatic nitrogens is 2. The molecule has 0 saturated heterocycles. The third kappa shape index (κ3) is 2.35. The van der Waals surface area contributed by atoms with Gasteiger partial charge in [0.15, 0.2) is 5.82 Å². The van der Waals surface area contributed by atoms with Crippen LogP contribution in [0.4, 0.5) is 0 Å². The molecule has 2 unspecified atom stereocenters. The predicted molar refractivity (Wildman–Crippen MR) is 54.3 cm³/mol. The van der Waals surface area contributed by atoms with Gasteiger partial charge in [0.2, 0.25) is 5.89 Å². The fraction of sp³-hybridized carbons (Fsp3) is 0.800. The van der Waals surface area contributed by atoms with Crippen molar-refractivity contribution in [1.29, 1.82) is 0 Å². The molecule has 1 aliphatic rings. The molecule has 2 rings (SSSR count). The summed E-state index contributed by atoms with van der Waals surface area (Å²) in [5.41, 5.74) is 0. The Balaban J connectivity index is 2.06. The Kier molecular flexibility index (Phi) is 3.02. The highest BCUT2D eigenvalue weighted by Crippen LogP contribution is 2.33. The minimum absolute atomic E-state index is 0.0495. The molecule has 1 fully saturated rings. The van der Waals surface area contributed by atoms with E-state index >= 15 is 0 Å². The topological polar surface area (TPSA) is 62.4 Å². The lowest BCUT2D eigenvalue weighted by atomic mass is 10.1. The largest absolute Gasteiger partial charge is 0.392 e. The van der Waals surface area contributed by atoms with Crippen molar-refractivity contribution >= 4 is 0 Å². The monoisotopic (exact) mass is 211 g/mol.